The van der Waals surface area contributed by atoms with Gasteiger partial charge in [-0.1, -0.05) is 36.4 Å². The number of carbonyl (C=O) groups is 1. The molecule has 17 heavy (non-hydrogen) atoms. The molecule has 0 aromatic heterocycles. The lowest BCUT2D eigenvalue weighted by molar-refractivity contribution is 0.0698. The Morgan fingerprint density at radius 3 is 2.29 bits per heavy atom. The average Bonchev–Trinajstić information content (AvgIpc) is 2.39. The highest BCUT2D eigenvalue weighted by Crippen LogP contribution is 2.27. The molecule has 0 radical (unpaired) electrons. The molecule has 2 aromatic carbocycles. The van der Waals surface area contributed by atoms with Crippen molar-refractivity contribution < 1.29 is 9.90 Å². The second-order valence-corrected chi connectivity index (χ2v) is 3.49. The number of aromatic carboxylic acids is 1. The van der Waals surface area contributed by atoms with Crippen molar-refractivity contribution in [3.63, 3.8) is 0 Å². The summed E-state index contributed by atoms with van der Waals surface area (Å²) in [5.41, 5.74) is 1.54. The third-order valence-electron chi connectivity index (χ3n) is 2.43. The van der Waals surface area contributed by atoms with E-state index in [1.165, 1.54) is 12.1 Å². The Bertz CT molecular complexity index is 564. The lowest BCUT2D eigenvalue weighted by Gasteiger charge is -2.03. The Hall–Kier alpha value is -2.49. The molecule has 0 saturated carbocycles. The van der Waals surface area contributed by atoms with Crippen LogP contribution in [0.1, 0.15) is 10.4 Å². The Balaban J connectivity index is 2.53. The van der Waals surface area contributed by atoms with E-state index < -0.39 is 5.97 Å². The topological polar surface area (TPSA) is 66.7 Å². The lowest BCUT2D eigenvalue weighted by atomic mass is 10.0. The fraction of sp³-hybridized carbons (Fsp3) is 0. The predicted molar refractivity (Wildman–Crippen MR) is 64.3 cm³/mol. The molecule has 84 valence electrons. The van der Waals surface area contributed by atoms with Crippen LogP contribution in [0.4, 0.5) is 5.69 Å². The maximum absolute atomic E-state index is 10.8. The molecule has 4 nitrogen and oxygen atoms in total. The van der Waals surface area contributed by atoms with Crippen molar-refractivity contribution in [1.82, 2.24) is 0 Å². The highest BCUT2D eigenvalue weighted by atomic mass is 16.4. The van der Waals surface area contributed by atoms with Crippen LogP contribution in [-0.2, 0) is 0 Å². The van der Waals surface area contributed by atoms with Gasteiger partial charge in [0, 0.05) is 0 Å². The van der Waals surface area contributed by atoms with E-state index >= 15 is 0 Å². The quantitative estimate of drug-likeness (QED) is 0.816. The van der Waals surface area contributed by atoms with Gasteiger partial charge in [0.15, 0.2) is 0 Å². The molecular weight excluding hydrogens is 218 g/mol. The minimum atomic E-state index is -1.15. The van der Waals surface area contributed by atoms with Gasteiger partial charge in [-0.05, 0) is 28.4 Å². The van der Waals surface area contributed by atoms with Crippen LogP contribution in [-0.4, -0.2) is 11.1 Å². The monoisotopic (exact) mass is 227 g/mol. The minimum Gasteiger partial charge on any atom is -0.478 e. The molecule has 1 N–H and O–H groups in total. The van der Waals surface area contributed by atoms with Crippen LogP contribution in [0, 0.1) is 4.91 Å². The molecular formula is C13H9NO3. The first-order valence-electron chi connectivity index (χ1n) is 4.98. The van der Waals surface area contributed by atoms with Gasteiger partial charge in [-0.2, -0.15) is 0 Å². The summed E-state index contributed by atoms with van der Waals surface area (Å²) in [5.74, 6) is -1.15. The van der Waals surface area contributed by atoms with Crippen molar-refractivity contribution >= 4 is 11.7 Å². The third kappa shape index (κ3) is 2.20. The summed E-state index contributed by atoms with van der Waals surface area (Å²) in [6, 6.07) is 13.9. The van der Waals surface area contributed by atoms with Crippen molar-refractivity contribution in [2.75, 3.05) is 0 Å². The molecule has 0 amide bonds. The summed E-state index contributed by atoms with van der Waals surface area (Å²) in [5, 5.41) is 11.6. The average molecular weight is 227 g/mol. The number of nitroso groups, excluding NO2 is 1. The van der Waals surface area contributed by atoms with Crippen LogP contribution >= 0.6 is 0 Å². The molecule has 0 unspecified atom stereocenters. The Kier molecular flexibility index (Phi) is 2.96. The number of benzene rings is 2. The van der Waals surface area contributed by atoms with E-state index in [0.717, 1.165) is 11.1 Å². The molecule has 4 heteroatoms. The minimum absolute atomic E-state index is 0.0566. The van der Waals surface area contributed by atoms with E-state index in [9.17, 15) is 9.70 Å². The van der Waals surface area contributed by atoms with Crippen LogP contribution in [0.15, 0.2) is 53.7 Å². The van der Waals surface area contributed by atoms with Crippen LogP contribution in [0.2, 0.25) is 0 Å². The zero-order chi connectivity index (χ0) is 12.3. The van der Waals surface area contributed by atoms with Crippen LogP contribution in [0.3, 0.4) is 0 Å². The molecule has 2 rings (SSSR count). The highest BCUT2D eigenvalue weighted by molar-refractivity contribution is 5.94. The Morgan fingerprint density at radius 2 is 1.71 bits per heavy atom. The van der Waals surface area contributed by atoms with Crippen molar-refractivity contribution in [3.8, 4) is 11.1 Å². The van der Waals surface area contributed by atoms with Crippen LogP contribution in [0.5, 0.6) is 0 Å². The molecule has 0 aliphatic rings. The van der Waals surface area contributed by atoms with Crippen LogP contribution < -0.4 is 0 Å². The smallest absolute Gasteiger partial charge is 0.338 e. The maximum atomic E-state index is 10.8. The van der Waals surface area contributed by atoms with E-state index in [4.69, 9.17) is 5.11 Å². The number of hydrogen-bond acceptors (Lipinski definition) is 3. The summed E-state index contributed by atoms with van der Waals surface area (Å²) in [6.45, 7) is 0. The first-order chi connectivity index (χ1) is 8.22. The summed E-state index contributed by atoms with van der Waals surface area (Å²) >= 11 is 0. The molecule has 0 spiro atoms. The highest BCUT2D eigenvalue weighted by Gasteiger charge is 2.11. The lowest BCUT2D eigenvalue weighted by Crippen LogP contribution is -1.96. The predicted octanol–water partition coefficient (Wildman–Crippen LogP) is 3.45. The van der Waals surface area contributed by atoms with Crippen molar-refractivity contribution in [3.05, 3.63) is 59.0 Å². The molecule has 0 fully saturated rings. The zero-order valence-corrected chi connectivity index (χ0v) is 8.83. The van der Waals surface area contributed by atoms with Gasteiger partial charge in [0.05, 0.1) is 5.56 Å². The van der Waals surface area contributed by atoms with Gasteiger partial charge in [-0.3, -0.25) is 0 Å². The van der Waals surface area contributed by atoms with E-state index in [1.807, 2.05) is 30.3 Å². The molecule has 0 saturated heterocycles. The van der Waals surface area contributed by atoms with Gasteiger partial charge >= 0.3 is 5.97 Å². The Labute approximate surface area is 97.5 Å². The standard InChI is InChI=1S/C13H9NO3/c15-13(16)11-7-6-10(8-12(11)14-17)9-4-2-1-3-5-9/h1-8H,(H,15,16). The summed E-state index contributed by atoms with van der Waals surface area (Å²) in [7, 11) is 0. The van der Waals surface area contributed by atoms with Gasteiger partial charge in [0.25, 0.3) is 0 Å². The van der Waals surface area contributed by atoms with Gasteiger partial charge < -0.3 is 5.11 Å². The summed E-state index contributed by atoms with van der Waals surface area (Å²) in [4.78, 5) is 21.4. The second kappa shape index (κ2) is 4.57. The SMILES string of the molecule is O=Nc1cc(-c2ccccc2)ccc1C(=O)O. The fourth-order valence-corrected chi connectivity index (χ4v) is 1.60. The number of nitrogens with zero attached hydrogens (tertiary/aromatic N) is 1. The van der Waals surface area contributed by atoms with Crippen molar-refractivity contribution in [1.29, 1.82) is 0 Å². The van der Waals surface area contributed by atoms with E-state index in [2.05, 4.69) is 5.18 Å². The first-order valence-corrected chi connectivity index (χ1v) is 4.98. The van der Waals surface area contributed by atoms with Gasteiger partial charge in [0.2, 0.25) is 0 Å². The third-order valence-corrected chi connectivity index (χ3v) is 2.43. The van der Waals surface area contributed by atoms with E-state index in [1.54, 1.807) is 6.07 Å². The van der Waals surface area contributed by atoms with Gasteiger partial charge in [-0.15, -0.1) is 4.91 Å². The normalized spacial score (nSPS) is 9.88. The number of hydrogen-bond donors (Lipinski definition) is 1. The molecule has 0 aliphatic carbocycles. The van der Waals surface area contributed by atoms with Gasteiger partial charge in [0.1, 0.15) is 5.69 Å². The molecule has 2 aromatic rings. The first kappa shape index (κ1) is 11.0. The van der Waals surface area contributed by atoms with Crippen molar-refractivity contribution in [2.24, 2.45) is 5.18 Å². The largest absolute Gasteiger partial charge is 0.478 e. The number of carboxylic acid groups (broad SMARTS) is 1. The van der Waals surface area contributed by atoms with Gasteiger partial charge in [-0.25, -0.2) is 4.79 Å². The van der Waals surface area contributed by atoms with Crippen molar-refractivity contribution in [2.45, 2.75) is 0 Å². The number of carboxylic acids is 1. The molecule has 0 heterocycles. The van der Waals surface area contributed by atoms with E-state index in [0.29, 0.717) is 0 Å². The zero-order valence-electron chi connectivity index (χ0n) is 8.83. The molecule has 0 atom stereocenters. The summed E-state index contributed by atoms with van der Waals surface area (Å²) < 4.78 is 0. The fourth-order valence-electron chi connectivity index (χ4n) is 1.60. The van der Waals surface area contributed by atoms with Crippen LogP contribution in [0.25, 0.3) is 11.1 Å². The maximum Gasteiger partial charge on any atom is 0.338 e. The summed E-state index contributed by atoms with van der Waals surface area (Å²) in [6.07, 6.45) is 0. The molecule has 0 bridgehead atoms. The molecule has 0 aliphatic heterocycles. The second-order valence-electron chi connectivity index (χ2n) is 3.49. The van der Waals surface area contributed by atoms with E-state index in [-0.39, 0.29) is 11.3 Å². The number of rotatable bonds is 3. The Morgan fingerprint density at radius 1 is 1.00 bits per heavy atom.